The molecular formula is C12H17N3O3S. The van der Waals surface area contributed by atoms with E-state index in [0.717, 1.165) is 0 Å². The molecule has 7 heteroatoms. The van der Waals surface area contributed by atoms with E-state index in [1.807, 2.05) is 6.26 Å². The van der Waals surface area contributed by atoms with Gasteiger partial charge in [-0.1, -0.05) is 6.08 Å². The van der Waals surface area contributed by atoms with Gasteiger partial charge >= 0.3 is 6.03 Å². The van der Waals surface area contributed by atoms with Crippen molar-refractivity contribution in [3.05, 3.63) is 12.7 Å². The van der Waals surface area contributed by atoms with Gasteiger partial charge in [0.25, 0.3) is 5.91 Å². The van der Waals surface area contributed by atoms with Crippen LogP contribution < -0.4 is 0 Å². The lowest BCUT2D eigenvalue weighted by Gasteiger charge is -2.35. The number of imide groups is 1. The fourth-order valence-electron chi connectivity index (χ4n) is 2.39. The molecule has 0 spiro atoms. The molecule has 1 atom stereocenters. The van der Waals surface area contributed by atoms with Gasteiger partial charge in [0.05, 0.1) is 12.3 Å². The van der Waals surface area contributed by atoms with Crippen LogP contribution in [-0.2, 0) is 9.59 Å². The van der Waals surface area contributed by atoms with Gasteiger partial charge in [-0.25, -0.2) is 4.79 Å². The van der Waals surface area contributed by atoms with Crippen LogP contribution in [0.15, 0.2) is 12.7 Å². The molecule has 19 heavy (non-hydrogen) atoms. The summed E-state index contributed by atoms with van der Waals surface area (Å²) in [5.74, 6) is 0.201. The van der Waals surface area contributed by atoms with E-state index >= 15 is 0 Å². The lowest BCUT2D eigenvalue weighted by Crippen LogP contribution is -2.55. The van der Waals surface area contributed by atoms with Crippen molar-refractivity contribution >= 4 is 29.6 Å². The molecule has 0 radical (unpaired) electrons. The Bertz CT molecular complexity index is 426. The summed E-state index contributed by atoms with van der Waals surface area (Å²) >= 11 is 1.46. The Hall–Kier alpha value is -1.50. The molecule has 2 rings (SSSR count). The zero-order valence-corrected chi connectivity index (χ0v) is 11.7. The van der Waals surface area contributed by atoms with Crippen molar-refractivity contribution in [1.82, 2.24) is 14.7 Å². The van der Waals surface area contributed by atoms with E-state index in [-0.39, 0.29) is 24.4 Å². The number of carbonyl (C=O) groups excluding carboxylic acids is 3. The number of thioether (sulfide) groups is 1. The molecule has 2 aliphatic heterocycles. The van der Waals surface area contributed by atoms with Crippen molar-refractivity contribution in [3.8, 4) is 0 Å². The fraction of sp³-hybridized carbons (Fsp3) is 0.583. The summed E-state index contributed by atoms with van der Waals surface area (Å²) in [6.07, 6.45) is 3.40. The second-order valence-electron chi connectivity index (χ2n) is 4.50. The number of hydrogen-bond acceptors (Lipinski definition) is 4. The number of fused-ring (bicyclic) bond motifs is 1. The molecular weight excluding hydrogens is 266 g/mol. The van der Waals surface area contributed by atoms with E-state index in [1.54, 1.807) is 9.80 Å². The predicted molar refractivity (Wildman–Crippen MR) is 72.8 cm³/mol. The summed E-state index contributed by atoms with van der Waals surface area (Å²) < 4.78 is 0. The van der Waals surface area contributed by atoms with Gasteiger partial charge in [-0.2, -0.15) is 11.8 Å². The maximum absolute atomic E-state index is 12.1. The van der Waals surface area contributed by atoms with Crippen molar-refractivity contribution in [2.75, 3.05) is 38.2 Å². The molecule has 2 heterocycles. The summed E-state index contributed by atoms with van der Waals surface area (Å²) in [6, 6.07) is -0.793. The third-order valence-electron chi connectivity index (χ3n) is 3.34. The Morgan fingerprint density at radius 3 is 2.84 bits per heavy atom. The number of hydrogen-bond donors (Lipinski definition) is 0. The summed E-state index contributed by atoms with van der Waals surface area (Å²) in [6.45, 7) is 4.99. The Balaban J connectivity index is 2.08. The molecule has 4 amide bonds. The standard InChI is InChI=1S/C12H17N3O3S/c1-3-4-15-11(17)9-7-13(10(16)8-19-2)5-6-14(9)12(15)18/h3,9H,1,4-8H2,2H3. The third kappa shape index (κ3) is 2.47. The van der Waals surface area contributed by atoms with Crippen molar-refractivity contribution in [1.29, 1.82) is 0 Å². The maximum atomic E-state index is 12.1. The van der Waals surface area contributed by atoms with Gasteiger partial charge in [0.1, 0.15) is 6.04 Å². The minimum absolute atomic E-state index is 0.0227. The predicted octanol–water partition coefficient (Wildman–Crippen LogP) is 0.0104. The smallest absolute Gasteiger partial charge is 0.327 e. The maximum Gasteiger partial charge on any atom is 0.327 e. The first-order valence-electron chi connectivity index (χ1n) is 6.09. The molecule has 0 aromatic heterocycles. The summed E-state index contributed by atoms with van der Waals surface area (Å²) in [5, 5.41) is 0. The van der Waals surface area contributed by atoms with Gasteiger partial charge in [0, 0.05) is 19.6 Å². The highest BCUT2D eigenvalue weighted by Crippen LogP contribution is 2.22. The first-order chi connectivity index (χ1) is 9.10. The van der Waals surface area contributed by atoms with E-state index in [9.17, 15) is 14.4 Å². The topological polar surface area (TPSA) is 60.9 Å². The molecule has 104 valence electrons. The zero-order valence-electron chi connectivity index (χ0n) is 10.9. The number of piperazine rings is 1. The molecule has 0 aromatic carbocycles. The molecule has 2 fully saturated rings. The Morgan fingerprint density at radius 1 is 1.47 bits per heavy atom. The number of carbonyl (C=O) groups is 3. The highest BCUT2D eigenvalue weighted by Gasteiger charge is 2.47. The van der Waals surface area contributed by atoms with Crippen LogP contribution in [-0.4, -0.2) is 76.8 Å². The van der Waals surface area contributed by atoms with Crippen LogP contribution in [0.25, 0.3) is 0 Å². The van der Waals surface area contributed by atoms with Crippen molar-refractivity contribution in [2.24, 2.45) is 0 Å². The molecule has 0 saturated carbocycles. The van der Waals surface area contributed by atoms with Crippen LogP contribution in [0.5, 0.6) is 0 Å². The first kappa shape index (κ1) is 13.9. The van der Waals surface area contributed by atoms with Gasteiger partial charge in [-0.05, 0) is 6.26 Å². The average molecular weight is 283 g/mol. The molecule has 0 aromatic rings. The minimum atomic E-state index is -0.521. The van der Waals surface area contributed by atoms with Gasteiger partial charge in [0.2, 0.25) is 5.91 Å². The normalized spacial score (nSPS) is 22.8. The van der Waals surface area contributed by atoms with Crippen LogP contribution in [0.2, 0.25) is 0 Å². The van der Waals surface area contributed by atoms with E-state index in [1.165, 1.54) is 22.7 Å². The van der Waals surface area contributed by atoms with Gasteiger partial charge in [-0.3, -0.25) is 14.5 Å². The Morgan fingerprint density at radius 2 is 2.21 bits per heavy atom. The molecule has 1 unspecified atom stereocenters. The highest BCUT2D eigenvalue weighted by atomic mass is 32.2. The Labute approximate surface area is 116 Å². The van der Waals surface area contributed by atoms with E-state index < -0.39 is 6.04 Å². The quantitative estimate of drug-likeness (QED) is 0.539. The summed E-state index contributed by atoms with van der Waals surface area (Å²) in [4.78, 5) is 40.4. The molecule has 0 aliphatic carbocycles. The second kappa shape index (κ2) is 5.64. The molecule has 6 nitrogen and oxygen atoms in total. The molecule has 2 aliphatic rings. The minimum Gasteiger partial charge on any atom is -0.338 e. The third-order valence-corrected chi connectivity index (χ3v) is 3.88. The van der Waals surface area contributed by atoms with Crippen LogP contribution in [0, 0.1) is 0 Å². The fourth-order valence-corrected chi connectivity index (χ4v) is 2.82. The van der Waals surface area contributed by atoms with E-state index in [0.29, 0.717) is 25.4 Å². The number of nitrogens with zero attached hydrogens (tertiary/aromatic N) is 3. The second-order valence-corrected chi connectivity index (χ2v) is 5.37. The summed E-state index contributed by atoms with van der Waals surface area (Å²) in [7, 11) is 0. The van der Waals surface area contributed by atoms with Crippen molar-refractivity contribution in [3.63, 3.8) is 0 Å². The van der Waals surface area contributed by atoms with Crippen LogP contribution in [0.3, 0.4) is 0 Å². The van der Waals surface area contributed by atoms with Crippen LogP contribution in [0.1, 0.15) is 0 Å². The average Bonchev–Trinajstić information content (AvgIpc) is 2.64. The van der Waals surface area contributed by atoms with Crippen molar-refractivity contribution in [2.45, 2.75) is 6.04 Å². The van der Waals surface area contributed by atoms with E-state index in [4.69, 9.17) is 0 Å². The SMILES string of the molecule is C=CCN1C(=O)C2CN(C(=O)CSC)CCN2C1=O. The lowest BCUT2D eigenvalue weighted by atomic mass is 10.2. The number of rotatable bonds is 4. The number of amides is 4. The highest BCUT2D eigenvalue weighted by molar-refractivity contribution is 7.99. The van der Waals surface area contributed by atoms with Crippen LogP contribution in [0.4, 0.5) is 4.79 Å². The first-order valence-corrected chi connectivity index (χ1v) is 7.49. The monoisotopic (exact) mass is 283 g/mol. The summed E-state index contributed by atoms with van der Waals surface area (Å²) in [5.41, 5.74) is 0. The van der Waals surface area contributed by atoms with Gasteiger partial charge in [-0.15, -0.1) is 6.58 Å². The molecule has 0 bridgehead atoms. The largest absolute Gasteiger partial charge is 0.338 e. The molecule has 2 saturated heterocycles. The number of urea groups is 1. The lowest BCUT2D eigenvalue weighted by molar-refractivity contribution is -0.134. The van der Waals surface area contributed by atoms with Gasteiger partial charge in [0.15, 0.2) is 0 Å². The Kier molecular flexibility index (Phi) is 4.14. The zero-order chi connectivity index (χ0) is 14.0. The van der Waals surface area contributed by atoms with Gasteiger partial charge < -0.3 is 9.80 Å². The van der Waals surface area contributed by atoms with Crippen molar-refractivity contribution < 1.29 is 14.4 Å². The molecule has 0 N–H and O–H groups in total. The van der Waals surface area contributed by atoms with E-state index in [2.05, 4.69) is 6.58 Å². The van der Waals surface area contributed by atoms with Crippen LogP contribution >= 0.6 is 11.8 Å².